The van der Waals surface area contributed by atoms with Crippen molar-refractivity contribution in [1.82, 2.24) is 4.89 Å². The number of sulfonamides is 1. The Hall–Kier alpha value is -1.40. The predicted octanol–water partition coefficient (Wildman–Crippen LogP) is 1.39. The first-order chi connectivity index (χ1) is 7.83. The van der Waals surface area contributed by atoms with Gasteiger partial charge in [0, 0.05) is 0 Å². The molecule has 6 heteroatoms. The van der Waals surface area contributed by atoms with Crippen LogP contribution in [-0.4, -0.2) is 14.4 Å². The molecule has 94 valence electrons. The molecule has 0 fully saturated rings. The van der Waals surface area contributed by atoms with Gasteiger partial charge in [-0.25, -0.2) is 8.42 Å². The van der Waals surface area contributed by atoms with Crippen molar-refractivity contribution in [3.63, 3.8) is 0 Å². The lowest BCUT2D eigenvalue weighted by molar-refractivity contribution is -0.150. The molecular formula is C11H15NO4S. The lowest BCUT2D eigenvalue weighted by atomic mass is 10.2. The second kappa shape index (κ2) is 5.29. The summed E-state index contributed by atoms with van der Waals surface area (Å²) in [4.78, 5) is 17.5. The first-order valence-corrected chi connectivity index (χ1v) is 6.60. The standard InChI is InChI=1S/C11H15NO4S/c1-8(2)11(13)16-12-17(14,15)10-6-4-9(3)5-7-10/h4-8,12H,1-3H3. The van der Waals surface area contributed by atoms with E-state index in [1.54, 1.807) is 30.9 Å². The molecule has 0 saturated carbocycles. The van der Waals surface area contributed by atoms with Gasteiger partial charge in [0.15, 0.2) is 0 Å². The molecule has 1 aromatic rings. The van der Waals surface area contributed by atoms with Crippen molar-refractivity contribution >= 4 is 16.0 Å². The Balaban J connectivity index is 2.76. The summed E-state index contributed by atoms with van der Waals surface area (Å²) in [5.74, 6) is -1.02. The van der Waals surface area contributed by atoms with E-state index in [1.165, 1.54) is 12.1 Å². The second-order valence-electron chi connectivity index (χ2n) is 3.98. The Morgan fingerprint density at radius 1 is 1.24 bits per heavy atom. The quantitative estimate of drug-likeness (QED) is 0.827. The lowest BCUT2D eigenvalue weighted by Gasteiger charge is -2.08. The van der Waals surface area contributed by atoms with E-state index >= 15 is 0 Å². The van der Waals surface area contributed by atoms with E-state index in [-0.39, 0.29) is 4.90 Å². The molecule has 0 atom stereocenters. The third-order valence-corrected chi connectivity index (χ3v) is 3.25. The highest BCUT2D eigenvalue weighted by Gasteiger charge is 2.17. The van der Waals surface area contributed by atoms with Gasteiger partial charge in [-0.05, 0) is 23.9 Å². The van der Waals surface area contributed by atoms with E-state index in [1.807, 2.05) is 6.92 Å². The third-order valence-electron chi connectivity index (χ3n) is 2.05. The van der Waals surface area contributed by atoms with E-state index in [2.05, 4.69) is 4.84 Å². The molecule has 0 spiro atoms. The number of hydrogen-bond donors (Lipinski definition) is 1. The second-order valence-corrected chi connectivity index (χ2v) is 5.62. The summed E-state index contributed by atoms with van der Waals surface area (Å²) in [6.45, 7) is 5.08. The van der Waals surface area contributed by atoms with Crippen LogP contribution in [-0.2, 0) is 19.7 Å². The maximum Gasteiger partial charge on any atom is 0.328 e. The Kier molecular flexibility index (Phi) is 4.25. The first kappa shape index (κ1) is 13.7. The molecule has 0 saturated heterocycles. The van der Waals surface area contributed by atoms with Gasteiger partial charge >= 0.3 is 5.97 Å². The smallest absolute Gasteiger partial charge is 0.328 e. The van der Waals surface area contributed by atoms with Crippen LogP contribution in [0.25, 0.3) is 0 Å². The van der Waals surface area contributed by atoms with E-state index in [4.69, 9.17) is 0 Å². The van der Waals surface area contributed by atoms with Crippen LogP contribution in [0.5, 0.6) is 0 Å². The minimum atomic E-state index is -3.80. The zero-order valence-corrected chi connectivity index (χ0v) is 10.7. The summed E-state index contributed by atoms with van der Waals surface area (Å²) in [5, 5.41) is 0. The molecule has 5 nitrogen and oxygen atoms in total. The fourth-order valence-electron chi connectivity index (χ4n) is 0.979. The van der Waals surface area contributed by atoms with Gasteiger partial charge in [-0.15, -0.1) is 0 Å². The number of rotatable bonds is 4. The van der Waals surface area contributed by atoms with Gasteiger partial charge in [-0.3, -0.25) is 4.79 Å². The average molecular weight is 257 g/mol. The van der Waals surface area contributed by atoms with Gasteiger partial charge in [0.25, 0.3) is 10.0 Å². The Morgan fingerprint density at radius 3 is 2.24 bits per heavy atom. The zero-order chi connectivity index (χ0) is 13.1. The van der Waals surface area contributed by atoms with Crippen LogP contribution >= 0.6 is 0 Å². The molecule has 0 aromatic heterocycles. The van der Waals surface area contributed by atoms with Crippen molar-refractivity contribution in [2.45, 2.75) is 25.7 Å². The predicted molar refractivity (Wildman–Crippen MR) is 62.4 cm³/mol. The number of hydrogen-bond acceptors (Lipinski definition) is 4. The summed E-state index contributed by atoms with van der Waals surface area (Å²) in [6.07, 6.45) is 0. The molecule has 0 unspecified atom stereocenters. The summed E-state index contributed by atoms with van der Waals surface area (Å²) in [6, 6.07) is 6.22. The highest BCUT2D eigenvalue weighted by Crippen LogP contribution is 2.10. The summed E-state index contributed by atoms with van der Waals surface area (Å²) in [7, 11) is -3.80. The number of carbonyl (C=O) groups is 1. The molecule has 1 rings (SSSR count). The summed E-state index contributed by atoms with van der Waals surface area (Å²) in [5.41, 5.74) is 0.947. The largest absolute Gasteiger partial charge is 0.355 e. The molecule has 1 N–H and O–H groups in total. The molecule has 0 amide bonds. The minimum absolute atomic E-state index is 0.0552. The van der Waals surface area contributed by atoms with Crippen LogP contribution in [0.2, 0.25) is 0 Å². The van der Waals surface area contributed by atoms with Crippen LogP contribution < -0.4 is 4.89 Å². The normalized spacial score (nSPS) is 11.5. The Bertz CT molecular complexity index is 491. The van der Waals surface area contributed by atoms with Crippen LogP contribution in [0.3, 0.4) is 0 Å². The maximum absolute atomic E-state index is 11.7. The van der Waals surface area contributed by atoms with Gasteiger partial charge in [0.2, 0.25) is 0 Å². The average Bonchev–Trinajstić information content (AvgIpc) is 2.26. The van der Waals surface area contributed by atoms with Gasteiger partial charge in [0.05, 0.1) is 10.8 Å². The van der Waals surface area contributed by atoms with Crippen molar-refractivity contribution in [3.05, 3.63) is 29.8 Å². The van der Waals surface area contributed by atoms with E-state index in [0.29, 0.717) is 0 Å². The maximum atomic E-state index is 11.7. The van der Waals surface area contributed by atoms with Crippen LogP contribution in [0, 0.1) is 12.8 Å². The highest BCUT2D eigenvalue weighted by molar-refractivity contribution is 7.89. The van der Waals surface area contributed by atoms with Gasteiger partial charge < -0.3 is 4.84 Å². The van der Waals surface area contributed by atoms with Crippen LogP contribution in [0.4, 0.5) is 0 Å². The molecule has 0 heterocycles. The molecule has 17 heavy (non-hydrogen) atoms. The van der Waals surface area contributed by atoms with Crippen molar-refractivity contribution in [2.75, 3.05) is 0 Å². The van der Waals surface area contributed by atoms with Gasteiger partial charge in [0.1, 0.15) is 0 Å². The van der Waals surface area contributed by atoms with Crippen LogP contribution in [0.15, 0.2) is 29.2 Å². The molecule has 0 bridgehead atoms. The number of nitrogens with one attached hydrogen (secondary N) is 1. The zero-order valence-electron chi connectivity index (χ0n) is 9.93. The topological polar surface area (TPSA) is 72.5 Å². The first-order valence-electron chi connectivity index (χ1n) is 5.12. The van der Waals surface area contributed by atoms with Crippen molar-refractivity contribution in [2.24, 2.45) is 5.92 Å². The van der Waals surface area contributed by atoms with E-state index in [0.717, 1.165) is 5.56 Å². The number of aryl methyl sites for hydroxylation is 1. The molecule has 0 radical (unpaired) electrons. The van der Waals surface area contributed by atoms with Crippen molar-refractivity contribution in [1.29, 1.82) is 0 Å². The van der Waals surface area contributed by atoms with Crippen LogP contribution in [0.1, 0.15) is 19.4 Å². The summed E-state index contributed by atoms with van der Waals surface area (Å²) < 4.78 is 23.4. The Morgan fingerprint density at radius 2 is 1.76 bits per heavy atom. The third kappa shape index (κ3) is 3.83. The van der Waals surface area contributed by atoms with Gasteiger partial charge in [-0.1, -0.05) is 31.5 Å². The number of carbonyl (C=O) groups excluding carboxylic acids is 1. The van der Waals surface area contributed by atoms with Crippen molar-refractivity contribution < 1.29 is 18.0 Å². The highest BCUT2D eigenvalue weighted by atomic mass is 32.2. The van der Waals surface area contributed by atoms with E-state index in [9.17, 15) is 13.2 Å². The fraction of sp³-hybridized carbons (Fsp3) is 0.364. The summed E-state index contributed by atoms with van der Waals surface area (Å²) >= 11 is 0. The molecule has 0 aliphatic carbocycles. The fourth-order valence-corrected chi connectivity index (χ4v) is 1.76. The Labute approximate surface area is 101 Å². The number of benzene rings is 1. The molecule has 0 aliphatic heterocycles. The SMILES string of the molecule is Cc1ccc(S(=O)(=O)NOC(=O)C(C)C)cc1. The molecule has 1 aromatic carbocycles. The molecule has 0 aliphatic rings. The molecular weight excluding hydrogens is 242 g/mol. The van der Waals surface area contributed by atoms with Gasteiger partial charge in [-0.2, -0.15) is 0 Å². The van der Waals surface area contributed by atoms with Crippen molar-refractivity contribution in [3.8, 4) is 0 Å². The van der Waals surface area contributed by atoms with E-state index < -0.39 is 21.9 Å². The monoisotopic (exact) mass is 257 g/mol. The minimum Gasteiger partial charge on any atom is -0.355 e. The lowest BCUT2D eigenvalue weighted by Crippen LogP contribution is -2.29.